The maximum absolute atomic E-state index is 4.20. The van der Waals surface area contributed by atoms with Crippen molar-refractivity contribution in [2.24, 2.45) is 0 Å². The van der Waals surface area contributed by atoms with Gasteiger partial charge >= 0.3 is 0 Å². The molecule has 16 heavy (non-hydrogen) atoms. The SMILES string of the molecule is C=C(C1=C(C)C=CNCC1)/C(C)=C\C=C/C. The molecule has 0 amide bonds. The molecule has 0 aromatic carbocycles. The number of nitrogens with one attached hydrogen (secondary N) is 1. The van der Waals surface area contributed by atoms with Crippen LogP contribution in [0, 0.1) is 0 Å². The fraction of sp³-hybridized carbons (Fsp3) is 0.333. The molecule has 1 aliphatic heterocycles. The highest BCUT2D eigenvalue weighted by molar-refractivity contribution is 5.49. The Balaban J connectivity index is 2.92. The van der Waals surface area contributed by atoms with Crippen LogP contribution in [0.1, 0.15) is 27.2 Å². The molecule has 1 aliphatic rings. The van der Waals surface area contributed by atoms with E-state index in [2.05, 4.69) is 44.0 Å². The van der Waals surface area contributed by atoms with Crippen molar-refractivity contribution in [2.45, 2.75) is 27.2 Å². The highest BCUT2D eigenvalue weighted by atomic mass is 14.8. The van der Waals surface area contributed by atoms with Crippen molar-refractivity contribution >= 4 is 0 Å². The second-order valence-corrected chi connectivity index (χ2v) is 4.05. The van der Waals surface area contributed by atoms with Crippen LogP contribution in [0.15, 0.2) is 59.4 Å². The monoisotopic (exact) mass is 215 g/mol. The smallest absolute Gasteiger partial charge is 0.0182 e. The van der Waals surface area contributed by atoms with Crippen molar-refractivity contribution in [3.8, 4) is 0 Å². The lowest BCUT2D eigenvalue weighted by Gasteiger charge is -2.12. The third kappa shape index (κ3) is 3.27. The van der Waals surface area contributed by atoms with Gasteiger partial charge in [0.1, 0.15) is 0 Å². The molecule has 0 spiro atoms. The Morgan fingerprint density at radius 2 is 2.25 bits per heavy atom. The van der Waals surface area contributed by atoms with Crippen LogP contribution in [0.5, 0.6) is 0 Å². The molecule has 0 bridgehead atoms. The molecule has 1 heterocycles. The molecule has 0 saturated carbocycles. The Kier molecular flexibility index (Phi) is 4.84. The molecule has 0 fully saturated rings. The van der Waals surface area contributed by atoms with E-state index in [9.17, 15) is 0 Å². The first-order valence-electron chi connectivity index (χ1n) is 5.75. The van der Waals surface area contributed by atoms with Crippen LogP contribution in [0.3, 0.4) is 0 Å². The van der Waals surface area contributed by atoms with Gasteiger partial charge in [-0.3, -0.25) is 0 Å². The van der Waals surface area contributed by atoms with Gasteiger partial charge in [-0.1, -0.05) is 24.8 Å². The van der Waals surface area contributed by atoms with E-state index in [1.165, 1.54) is 16.7 Å². The van der Waals surface area contributed by atoms with Gasteiger partial charge in [-0.05, 0) is 61.8 Å². The van der Waals surface area contributed by atoms with Crippen LogP contribution < -0.4 is 5.32 Å². The Labute approximate surface area is 98.9 Å². The third-order valence-electron chi connectivity index (χ3n) is 2.83. The Morgan fingerprint density at radius 1 is 1.50 bits per heavy atom. The van der Waals surface area contributed by atoms with Crippen LogP contribution >= 0.6 is 0 Å². The van der Waals surface area contributed by atoms with Crippen molar-refractivity contribution in [3.05, 3.63) is 59.4 Å². The summed E-state index contributed by atoms with van der Waals surface area (Å²) in [5, 5.41) is 3.25. The van der Waals surface area contributed by atoms with E-state index in [-0.39, 0.29) is 0 Å². The van der Waals surface area contributed by atoms with E-state index in [0.29, 0.717) is 0 Å². The molecule has 0 unspecified atom stereocenters. The van der Waals surface area contributed by atoms with E-state index in [4.69, 9.17) is 0 Å². The zero-order chi connectivity index (χ0) is 12.0. The summed E-state index contributed by atoms with van der Waals surface area (Å²) in [6.45, 7) is 11.5. The summed E-state index contributed by atoms with van der Waals surface area (Å²) in [6, 6.07) is 0. The molecule has 1 nitrogen and oxygen atoms in total. The summed E-state index contributed by atoms with van der Waals surface area (Å²) in [4.78, 5) is 0. The first-order chi connectivity index (χ1) is 7.66. The number of allylic oxidation sites excluding steroid dienone is 7. The molecule has 0 aromatic heterocycles. The molecule has 1 rings (SSSR count). The molecule has 0 aromatic rings. The highest BCUT2D eigenvalue weighted by Gasteiger charge is 2.08. The van der Waals surface area contributed by atoms with Gasteiger partial charge in [-0.2, -0.15) is 0 Å². The highest BCUT2D eigenvalue weighted by Crippen LogP contribution is 2.25. The fourth-order valence-electron chi connectivity index (χ4n) is 1.73. The summed E-state index contributed by atoms with van der Waals surface area (Å²) >= 11 is 0. The van der Waals surface area contributed by atoms with Gasteiger partial charge in [0.15, 0.2) is 0 Å². The Bertz CT molecular complexity index is 378. The lowest BCUT2D eigenvalue weighted by molar-refractivity contribution is 0.837. The zero-order valence-corrected chi connectivity index (χ0v) is 10.5. The molecular formula is C15H21N. The van der Waals surface area contributed by atoms with Crippen molar-refractivity contribution in [2.75, 3.05) is 6.54 Å². The van der Waals surface area contributed by atoms with Gasteiger partial charge in [0.05, 0.1) is 0 Å². The van der Waals surface area contributed by atoms with Crippen LogP contribution in [0.2, 0.25) is 0 Å². The second kappa shape index (κ2) is 6.16. The second-order valence-electron chi connectivity index (χ2n) is 4.05. The molecule has 0 atom stereocenters. The molecular weight excluding hydrogens is 194 g/mol. The van der Waals surface area contributed by atoms with Gasteiger partial charge < -0.3 is 5.32 Å². The quantitative estimate of drug-likeness (QED) is 0.704. The Hall–Kier alpha value is -1.50. The minimum absolute atomic E-state index is 0.985. The predicted octanol–water partition coefficient (Wildman–Crippen LogP) is 3.89. The Morgan fingerprint density at radius 3 is 2.94 bits per heavy atom. The van der Waals surface area contributed by atoms with E-state index in [1.54, 1.807) is 0 Å². The zero-order valence-electron chi connectivity index (χ0n) is 10.5. The van der Waals surface area contributed by atoms with Crippen LogP contribution in [0.4, 0.5) is 0 Å². The van der Waals surface area contributed by atoms with Crippen LogP contribution in [-0.4, -0.2) is 6.54 Å². The lowest BCUT2D eigenvalue weighted by Crippen LogP contribution is -2.06. The first kappa shape index (κ1) is 12.6. The van der Waals surface area contributed by atoms with E-state index in [0.717, 1.165) is 18.5 Å². The average molecular weight is 215 g/mol. The minimum atomic E-state index is 0.985. The number of hydrogen-bond donors (Lipinski definition) is 1. The van der Waals surface area contributed by atoms with Gasteiger partial charge in [0.2, 0.25) is 0 Å². The third-order valence-corrected chi connectivity index (χ3v) is 2.83. The van der Waals surface area contributed by atoms with Crippen molar-refractivity contribution < 1.29 is 0 Å². The van der Waals surface area contributed by atoms with E-state index in [1.807, 2.05) is 19.2 Å². The van der Waals surface area contributed by atoms with E-state index < -0.39 is 0 Å². The predicted molar refractivity (Wildman–Crippen MR) is 72.2 cm³/mol. The molecule has 1 N–H and O–H groups in total. The summed E-state index contributed by atoms with van der Waals surface area (Å²) in [7, 11) is 0. The van der Waals surface area contributed by atoms with Gasteiger partial charge in [0, 0.05) is 6.54 Å². The molecule has 0 saturated heterocycles. The van der Waals surface area contributed by atoms with E-state index >= 15 is 0 Å². The summed E-state index contributed by atoms with van der Waals surface area (Å²) < 4.78 is 0. The minimum Gasteiger partial charge on any atom is -0.391 e. The number of rotatable bonds is 3. The fourth-order valence-corrected chi connectivity index (χ4v) is 1.73. The van der Waals surface area contributed by atoms with Gasteiger partial charge in [-0.25, -0.2) is 0 Å². The molecule has 1 heteroatoms. The van der Waals surface area contributed by atoms with Gasteiger partial charge in [-0.15, -0.1) is 0 Å². The largest absolute Gasteiger partial charge is 0.391 e. The summed E-state index contributed by atoms with van der Waals surface area (Å²) in [5.41, 5.74) is 5.06. The first-order valence-corrected chi connectivity index (χ1v) is 5.75. The van der Waals surface area contributed by atoms with Gasteiger partial charge in [0.25, 0.3) is 0 Å². The molecule has 0 aliphatic carbocycles. The molecule has 86 valence electrons. The van der Waals surface area contributed by atoms with Crippen molar-refractivity contribution in [3.63, 3.8) is 0 Å². The molecule has 0 radical (unpaired) electrons. The maximum atomic E-state index is 4.20. The number of hydrogen-bond acceptors (Lipinski definition) is 1. The topological polar surface area (TPSA) is 12.0 Å². The maximum Gasteiger partial charge on any atom is 0.0182 e. The van der Waals surface area contributed by atoms with Crippen LogP contribution in [0.25, 0.3) is 0 Å². The van der Waals surface area contributed by atoms with Crippen molar-refractivity contribution in [1.82, 2.24) is 5.32 Å². The lowest BCUT2D eigenvalue weighted by atomic mass is 9.94. The summed E-state index contributed by atoms with van der Waals surface area (Å²) in [6.07, 6.45) is 11.4. The summed E-state index contributed by atoms with van der Waals surface area (Å²) in [5.74, 6) is 0. The standard InChI is InChI=1S/C15H21N/c1-5-6-7-12(2)14(4)15-9-11-16-10-8-13(15)3/h5-8,10,16H,4,9,11H2,1-3H3/b6-5-,12-7-. The normalized spacial score (nSPS) is 17.6. The van der Waals surface area contributed by atoms with Crippen LogP contribution in [-0.2, 0) is 0 Å². The van der Waals surface area contributed by atoms with Crippen molar-refractivity contribution in [1.29, 1.82) is 0 Å². The average Bonchev–Trinajstić information content (AvgIpc) is 2.49.